The Balaban J connectivity index is 2.13. The Morgan fingerprint density at radius 2 is 2.28 bits per heavy atom. The van der Waals surface area contributed by atoms with E-state index in [0.29, 0.717) is 30.9 Å². The molecule has 0 radical (unpaired) electrons. The summed E-state index contributed by atoms with van der Waals surface area (Å²) < 4.78 is 14.5. The van der Waals surface area contributed by atoms with Crippen LogP contribution in [0.3, 0.4) is 0 Å². The van der Waals surface area contributed by atoms with Crippen LogP contribution in [0.5, 0.6) is 0 Å². The third kappa shape index (κ3) is 3.11. The van der Waals surface area contributed by atoms with Crippen LogP contribution in [0.25, 0.3) is 0 Å². The van der Waals surface area contributed by atoms with Gasteiger partial charge in [-0.3, -0.25) is 0 Å². The van der Waals surface area contributed by atoms with Gasteiger partial charge in [-0.25, -0.2) is 4.39 Å². The minimum Gasteiger partial charge on any atom is -0.389 e. The van der Waals surface area contributed by atoms with Crippen LogP contribution in [0.2, 0.25) is 0 Å². The van der Waals surface area contributed by atoms with Crippen molar-refractivity contribution in [3.63, 3.8) is 0 Å². The first-order chi connectivity index (χ1) is 8.39. The van der Waals surface area contributed by atoms with Crippen molar-refractivity contribution in [1.29, 1.82) is 0 Å². The van der Waals surface area contributed by atoms with E-state index in [9.17, 15) is 9.50 Å². The molecule has 1 aromatic carbocycles. The van der Waals surface area contributed by atoms with Gasteiger partial charge in [-0.15, -0.1) is 0 Å². The molecule has 1 aliphatic rings. The molecule has 18 heavy (non-hydrogen) atoms. The SMILES string of the molecule is CC1CC(O)(Cc2ccc(Br)cc2F)CCN1C. The molecule has 1 N–H and O–H groups in total. The van der Waals surface area contributed by atoms with Crippen LogP contribution >= 0.6 is 15.9 Å². The quantitative estimate of drug-likeness (QED) is 0.907. The summed E-state index contributed by atoms with van der Waals surface area (Å²) in [5, 5.41) is 10.6. The van der Waals surface area contributed by atoms with Gasteiger partial charge in [-0.2, -0.15) is 0 Å². The van der Waals surface area contributed by atoms with Gasteiger partial charge in [0.15, 0.2) is 0 Å². The van der Waals surface area contributed by atoms with Gasteiger partial charge < -0.3 is 10.0 Å². The van der Waals surface area contributed by atoms with Crippen molar-refractivity contribution in [3.05, 3.63) is 34.1 Å². The van der Waals surface area contributed by atoms with Crippen LogP contribution in [0.1, 0.15) is 25.3 Å². The van der Waals surface area contributed by atoms with E-state index in [1.165, 1.54) is 6.07 Å². The van der Waals surface area contributed by atoms with Gasteiger partial charge in [-0.1, -0.05) is 22.0 Å². The van der Waals surface area contributed by atoms with Gasteiger partial charge in [0.25, 0.3) is 0 Å². The fourth-order valence-electron chi connectivity index (χ4n) is 2.59. The Kier molecular flexibility index (Phi) is 4.09. The molecule has 1 heterocycles. The number of piperidine rings is 1. The zero-order chi connectivity index (χ0) is 13.3. The first-order valence-corrected chi connectivity index (χ1v) is 7.05. The highest BCUT2D eigenvalue weighted by Crippen LogP contribution is 2.30. The minimum atomic E-state index is -0.777. The normalized spacial score (nSPS) is 29.5. The lowest BCUT2D eigenvalue weighted by atomic mass is 9.82. The van der Waals surface area contributed by atoms with Crippen molar-refractivity contribution in [2.75, 3.05) is 13.6 Å². The summed E-state index contributed by atoms with van der Waals surface area (Å²) in [4.78, 5) is 2.23. The summed E-state index contributed by atoms with van der Waals surface area (Å²) in [5.74, 6) is -0.246. The number of aliphatic hydroxyl groups is 1. The molecular weight excluding hydrogens is 297 g/mol. The number of nitrogens with zero attached hydrogens (tertiary/aromatic N) is 1. The summed E-state index contributed by atoms with van der Waals surface area (Å²) in [5.41, 5.74) is -0.182. The molecule has 2 atom stereocenters. The number of hydrogen-bond acceptors (Lipinski definition) is 2. The van der Waals surface area contributed by atoms with E-state index in [-0.39, 0.29) is 5.82 Å². The summed E-state index contributed by atoms with van der Waals surface area (Å²) in [7, 11) is 2.06. The number of benzene rings is 1. The maximum absolute atomic E-state index is 13.8. The van der Waals surface area contributed by atoms with E-state index in [2.05, 4.69) is 34.8 Å². The Bertz CT molecular complexity index is 440. The standard InChI is InChI=1S/C14H19BrFNO/c1-10-8-14(18,5-6-17(10)2)9-11-3-4-12(15)7-13(11)16/h3-4,7,10,18H,5-6,8-9H2,1-2H3. The third-order valence-corrected chi connectivity index (χ3v) is 4.39. The molecule has 0 bridgehead atoms. The molecule has 1 fully saturated rings. The van der Waals surface area contributed by atoms with E-state index < -0.39 is 5.60 Å². The molecule has 0 aromatic heterocycles. The summed E-state index contributed by atoms with van der Waals surface area (Å²) in [6, 6.07) is 5.36. The fraction of sp³-hybridized carbons (Fsp3) is 0.571. The Hall–Kier alpha value is -0.450. The molecule has 2 unspecified atom stereocenters. The second-order valence-corrected chi connectivity index (χ2v) is 6.34. The van der Waals surface area contributed by atoms with Crippen LogP contribution in [0.4, 0.5) is 4.39 Å². The third-order valence-electron chi connectivity index (χ3n) is 3.89. The lowest BCUT2D eigenvalue weighted by molar-refractivity contribution is -0.0358. The topological polar surface area (TPSA) is 23.5 Å². The molecule has 100 valence electrons. The summed E-state index contributed by atoms with van der Waals surface area (Å²) in [6.45, 7) is 2.96. The van der Waals surface area contributed by atoms with Crippen LogP contribution < -0.4 is 0 Å². The second-order valence-electron chi connectivity index (χ2n) is 5.42. The Morgan fingerprint density at radius 3 is 2.89 bits per heavy atom. The molecule has 0 saturated carbocycles. The molecule has 2 nitrogen and oxygen atoms in total. The predicted octanol–water partition coefficient (Wildman–Crippen LogP) is 2.98. The molecule has 0 spiro atoms. The largest absolute Gasteiger partial charge is 0.389 e. The number of hydrogen-bond donors (Lipinski definition) is 1. The van der Waals surface area contributed by atoms with Gasteiger partial charge in [-0.05, 0) is 44.5 Å². The van der Waals surface area contributed by atoms with E-state index in [1.54, 1.807) is 6.07 Å². The maximum atomic E-state index is 13.8. The number of rotatable bonds is 2. The highest BCUT2D eigenvalue weighted by Gasteiger charge is 2.35. The van der Waals surface area contributed by atoms with Crippen molar-refractivity contribution in [2.24, 2.45) is 0 Å². The van der Waals surface area contributed by atoms with Gasteiger partial charge in [0.05, 0.1) is 5.60 Å². The van der Waals surface area contributed by atoms with Gasteiger partial charge in [0.1, 0.15) is 5.82 Å². The average Bonchev–Trinajstić information content (AvgIpc) is 2.28. The lowest BCUT2D eigenvalue weighted by Crippen LogP contribution is -2.48. The molecule has 2 rings (SSSR count). The molecule has 0 aliphatic carbocycles. The summed E-state index contributed by atoms with van der Waals surface area (Å²) in [6.07, 6.45) is 1.78. The minimum absolute atomic E-state index is 0.246. The van der Waals surface area contributed by atoms with Gasteiger partial charge in [0, 0.05) is 23.5 Å². The van der Waals surface area contributed by atoms with Crippen molar-refractivity contribution in [3.8, 4) is 0 Å². The highest BCUT2D eigenvalue weighted by molar-refractivity contribution is 9.10. The van der Waals surface area contributed by atoms with Crippen molar-refractivity contribution in [1.82, 2.24) is 4.90 Å². The van der Waals surface area contributed by atoms with E-state index >= 15 is 0 Å². The van der Waals surface area contributed by atoms with Gasteiger partial charge >= 0.3 is 0 Å². The zero-order valence-corrected chi connectivity index (χ0v) is 12.4. The molecule has 1 saturated heterocycles. The monoisotopic (exact) mass is 315 g/mol. The number of likely N-dealkylation sites (tertiary alicyclic amines) is 1. The van der Waals surface area contributed by atoms with Crippen molar-refractivity contribution < 1.29 is 9.50 Å². The van der Waals surface area contributed by atoms with Crippen molar-refractivity contribution in [2.45, 2.75) is 37.8 Å². The molecule has 4 heteroatoms. The first kappa shape index (κ1) is 14.0. The smallest absolute Gasteiger partial charge is 0.127 e. The molecule has 0 amide bonds. The van der Waals surface area contributed by atoms with Crippen molar-refractivity contribution >= 4 is 15.9 Å². The summed E-state index contributed by atoms with van der Waals surface area (Å²) >= 11 is 3.24. The van der Waals surface area contributed by atoms with Crippen LogP contribution in [-0.2, 0) is 6.42 Å². The fourth-order valence-corrected chi connectivity index (χ4v) is 2.93. The molecule has 1 aliphatic heterocycles. The van der Waals surface area contributed by atoms with Crippen LogP contribution in [0, 0.1) is 5.82 Å². The zero-order valence-electron chi connectivity index (χ0n) is 10.8. The van der Waals surface area contributed by atoms with E-state index in [0.717, 1.165) is 11.0 Å². The molecule has 1 aromatic rings. The first-order valence-electron chi connectivity index (χ1n) is 6.26. The lowest BCUT2D eigenvalue weighted by Gasteiger charge is -2.41. The average molecular weight is 316 g/mol. The molecular formula is C14H19BrFNO. The van der Waals surface area contributed by atoms with Crippen LogP contribution in [-0.4, -0.2) is 35.2 Å². The van der Waals surface area contributed by atoms with Gasteiger partial charge in [0.2, 0.25) is 0 Å². The number of halogens is 2. The van der Waals surface area contributed by atoms with Crippen LogP contribution in [0.15, 0.2) is 22.7 Å². The van der Waals surface area contributed by atoms with E-state index in [1.807, 2.05) is 6.07 Å². The second kappa shape index (κ2) is 5.27. The predicted molar refractivity (Wildman–Crippen MR) is 74.1 cm³/mol. The Labute approximate surface area is 116 Å². The Morgan fingerprint density at radius 1 is 1.56 bits per heavy atom. The highest BCUT2D eigenvalue weighted by atomic mass is 79.9. The van der Waals surface area contributed by atoms with E-state index in [4.69, 9.17) is 0 Å². The maximum Gasteiger partial charge on any atom is 0.127 e.